The van der Waals surface area contributed by atoms with Crippen molar-refractivity contribution in [2.24, 2.45) is 0 Å². The van der Waals surface area contributed by atoms with E-state index in [9.17, 15) is 0 Å². The Morgan fingerprint density at radius 2 is 0.947 bits per heavy atom. The Kier molecular flexibility index (Phi) is 7.93. The van der Waals surface area contributed by atoms with Gasteiger partial charge in [0.05, 0.1) is 11.0 Å². The van der Waals surface area contributed by atoms with Gasteiger partial charge in [0.25, 0.3) is 0 Å². The topological polar surface area (TPSA) is 46.8 Å². The summed E-state index contributed by atoms with van der Waals surface area (Å²) in [6, 6.07) is 70.4. The lowest BCUT2D eigenvalue weighted by molar-refractivity contribution is 0.953. The smallest absolute Gasteiger partial charge is 0.238 e. The lowest BCUT2D eigenvalue weighted by Crippen LogP contribution is -2.09. The molecule has 0 bridgehead atoms. The van der Waals surface area contributed by atoms with Crippen LogP contribution in [0.4, 0.5) is 17.1 Å². The van der Waals surface area contributed by atoms with Gasteiger partial charge in [-0.25, -0.2) is 4.98 Å². The van der Waals surface area contributed by atoms with Crippen molar-refractivity contribution in [3.8, 4) is 39.9 Å². The molecule has 0 unspecified atom stereocenters. The maximum absolute atomic E-state index is 5.13. The van der Waals surface area contributed by atoms with Crippen LogP contribution in [0.25, 0.3) is 81.8 Å². The number of hydrogen-bond acceptors (Lipinski definition) is 5. The molecule has 0 aliphatic heterocycles. The lowest BCUT2D eigenvalue weighted by atomic mass is 9.99. The summed E-state index contributed by atoms with van der Waals surface area (Å²) in [4.78, 5) is 17.6. The molecule has 8 aromatic carbocycles. The largest absolute Gasteiger partial charge is 0.310 e. The van der Waals surface area contributed by atoms with E-state index in [2.05, 4.69) is 149 Å². The van der Waals surface area contributed by atoms with Gasteiger partial charge < -0.3 is 4.90 Å². The van der Waals surface area contributed by atoms with E-state index in [1.165, 1.54) is 20.2 Å². The van der Waals surface area contributed by atoms with Gasteiger partial charge >= 0.3 is 0 Å². The van der Waals surface area contributed by atoms with Gasteiger partial charge in [-0.3, -0.25) is 4.57 Å². The van der Waals surface area contributed by atoms with Crippen LogP contribution in [0.15, 0.2) is 200 Å². The third-order valence-electron chi connectivity index (χ3n) is 10.7. The number of rotatable bonds is 7. The third kappa shape index (κ3) is 5.74. The van der Waals surface area contributed by atoms with E-state index >= 15 is 0 Å². The SMILES string of the molecule is c1ccc(-c2nc(-c3ccccc3)nc(-n3c4ccccc4c4c(-c5ccc(N(c6ccccc6)c6ccc7c(c6)sc6ccccc67)cc5)cccc43)n2)cc1. The van der Waals surface area contributed by atoms with E-state index in [0.29, 0.717) is 17.6 Å². The Morgan fingerprint density at radius 3 is 1.67 bits per heavy atom. The van der Waals surface area contributed by atoms with Gasteiger partial charge in [0, 0.05) is 59.1 Å². The average molecular weight is 748 g/mol. The molecule has 0 saturated carbocycles. The maximum atomic E-state index is 5.13. The van der Waals surface area contributed by atoms with Crippen molar-refractivity contribution >= 4 is 70.4 Å². The Labute approximate surface area is 333 Å². The zero-order valence-corrected chi connectivity index (χ0v) is 31.5. The molecule has 6 heteroatoms. The van der Waals surface area contributed by atoms with E-state index in [1.54, 1.807) is 0 Å². The molecule has 268 valence electrons. The second-order valence-electron chi connectivity index (χ2n) is 14.1. The quantitative estimate of drug-likeness (QED) is 0.163. The van der Waals surface area contributed by atoms with Crippen LogP contribution in [-0.4, -0.2) is 19.5 Å². The van der Waals surface area contributed by atoms with E-state index in [4.69, 9.17) is 15.0 Å². The summed E-state index contributed by atoms with van der Waals surface area (Å²) in [5.74, 6) is 1.84. The minimum absolute atomic E-state index is 0.579. The second kappa shape index (κ2) is 13.7. The highest BCUT2D eigenvalue weighted by molar-refractivity contribution is 7.25. The first kappa shape index (κ1) is 33.0. The predicted octanol–water partition coefficient (Wildman–Crippen LogP) is 13.8. The summed E-state index contributed by atoms with van der Waals surface area (Å²) in [5, 5.41) is 4.88. The van der Waals surface area contributed by atoms with Crippen molar-refractivity contribution in [2.45, 2.75) is 0 Å². The van der Waals surface area contributed by atoms with Crippen molar-refractivity contribution in [1.29, 1.82) is 0 Å². The molecule has 0 aliphatic rings. The van der Waals surface area contributed by atoms with E-state index in [0.717, 1.165) is 61.1 Å². The maximum Gasteiger partial charge on any atom is 0.238 e. The molecular formula is C51H33N5S. The molecule has 0 aliphatic carbocycles. The first-order chi connectivity index (χ1) is 28.3. The fraction of sp³-hybridized carbons (Fsp3) is 0. The van der Waals surface area contributed by atoms with Gasteiger partial charge in [-0.2, -0.15) is 9.97 Å². The third-order valence-corrected chi connectivity index (χ3v) is 11.8. The normalized spacial score (nSPS) is 11.5. The molecule has 57 heavy (non-hydrogen) atoms. The van der Waals surface area contributed by atoms with Crippen molar-refractivity contribution < 1.29 is 0 Å². The highest BCUT2D eigenvalue weighted by Gasteiger charge is 2.21. The van der Waals surface area contributed by atoms with Gasteiger partial charge in [0.2, 0.25) is 5.95 Å². The van der Waals surface area contributed by atoms with Gasteiger partial charge in [-0.15, -0.1) is 11.3 Å². The molecule has 0 fully saturated rings. The molecule has 0 radical (unpaired) electrons. The molecular weight excluding hydrogens is 715 g/mol. The first-order valence-electron chi connectivity index (χ1n) is 19.0. The van der Waals surface area contributed by atoms with E-state index in [1.807, 2.05) is 72.0 Å². The van der Waals surface area contributed by atoms with Crippen LogP contribution < -0.4 is 4.90 Å². The number of nitrogens with zero attached hydrogens (tertiary/aromatic N) is 5. The standard InChI is InChI=1S/C51H33N5S/c1-4-15-35(16-5-1)49-52-50(36-17-6-2-7-18-36)54-51(53-49)56-44-24-12-10-22-43(44)48-40(23-14-25-45(48)56)34-27-29-38(30-28-34)55(37-19-8-3-9-20-37)39-31-32-42-41-21-11-13-26-46(41)57-47(42)33-39/h1-33H. The highest BCUT2D eigenvalue weighted by atomic mass is 32.1. The van der Waals surface area contributed by atoms with Crippen LogP contribution in [0.2, 0.25) is 0 Å². The van der Waals surface area contributed by atoms with Crippen LogP contribution in [0.3, 0.4) is 0 Å². The Morgan fingerprint density at radius 1 is 0.386 bits per heavy atom. The summed E-state index contributed by atoms with van der Waals surface area (Å²) < 4.78 is 4.77. The number of fused-ring (bicyclic) bond motifs is 6. The number of hydrogen-bond donors (Lipinski definition) is 0. The van der Waals surface area contributed by atoms with E-state index in [-0.39, 0.29) is 0 Å². The summed E-state index contributed by atoms with van der Waals surface area (Å²) in [6.07, 6.45) is 0. The highest BCUT2D eigenvalue weighted by Crippen LogP contribution is 2.42. The minimum atomic E-state index is 0.579. The van der Waals surface area contributed by atoms with Gasteiger partial charge in [-0.05, 0) is 65.7 Å². The lowest BCUT2D eigenvalue weighted by Gasteiger charge is -2.25. The second-order valence-corrected chi connectivity index (χ2v) is 15.1. The molecule has 0 N–H and O–H groups in total. The van der Waals surface area contributed by atoms with Gasteiger partial charge in [-0.1, -0.05) is 146 Å². The van der Waals surface area contributed by atoms with Crippen molar-refractivity contribution in [2.75, 3.05) is 4.90 Å². The molecule has 0 spiro atoms. The van der Waals surface area contributed by atoms with Crippen LogP contribution in [0.5, 0.6) is 0 Å². The molecule has 11 aromatic rings. The fourth-order valence-electron chi connectivity index (χ4n) is 8.04. The summed E-state index contributed by atoms with van der Waals surface area (Å²) in [7, 11) is 0. The predicted molar refractivity (Wildman–Crippen MR) is 238 cm³/mol. The van der Waals surface area contributed by atoms with Crippen LogP contribution in [0.1, 0.15) is 0 Å². The molecule has 0 atom stereocenters. The molecule has 3 aromatic heterocycles. The molecule has 5 nitrogen and oxygen atoms in total. The van der Waals surface area contributed by atoms with Crippen LogP contribution in [-0.2, 0) is 0 Å². The monoisotopic (exact) mass is 747 g/mol. The molecule has 3 heterocycles. The number of aromatic nitrogens is 4. The summed E-state index contributed by atoms with van der Waals surface area (Å²) in [5.41, 5.74) is 9.54. The van der Waals surface area contributed by atoms with Gasteiger partial charge in [0.1, 0.15) is 0 Å². The van der Waals surface area contributed by atoms with Crippen LogP contribution in [0, 0.1) is 0 Å². The van der Waals surface area contributed by atoms with E-state index < -0.39 is 0 Å². The van der Waals surface area contributed by atoms with Crippen molar-refractivity contribution in [3.05, 3.63) is 200 Å². The molecule has 0 saturated heterocycles. The summed E-state index contributed by atoms with van der Waals surface area (Å²) in [6.45, 7) is 0. The zero-order valence-electron chi connectivity index (χ0n) is 30.7. The first-order valence-corrected chi connectivity index (χ1v) is 19.8. The Hall–Kier alpha value is -7.41. The fourth-order valence-corrected chi connectivity index (χ4v) is 9.18. The summed E-state index contributed by atoms with van der Waals surface area (Å²) >= 11 is 1.84. The molecule has 11 rings (SSSR count). The number of thiophene rings is 1. The van der Waals surface area contributed by atoms with Gasteiger partial charge in [0.15, 0.2) is 11.6 Å². The average Bonchev–Trinajstić information content (AvgIpc) is 3.83. The van der Waals surface area contributed by atoms with Crippen molar-refractivity contribution in [3.63, 3.8) is 0 Å². The zero-order chi connectivity index (χ0) is 37.7. The number of benzene rings is 8. The Balaban J connectivity index is 1.05. The molecule has 0 amide bonds. The minimum Gasteiger partial charge on any atom is -0.310 e. The number of anilines is 3. The Bertz CT molecular complexity index is 3170. The van der Waals surface area contributed by atoms with Crippen LogP contribution >= 0.6 is 11.3 Å². The number of para-hydroxylation sites is 2. The van der Waals surface area contributed by atoms with Crippen molar-refractivity contribution in [1.82, 2.24) is 19.5 Å².